The molecule has 0 radical (unpaired) electrons. The van der Waals surface area contributed by atoms with Gasteiger partial charge < -0.3 is 19.2 Å². The van der Waals surface area contributed by atoms with Gasteiger partial charge in [0.2, 0.25) is 0 Å². The summed E-state index contributed by atoms with van der Waals surface area (Å²) >= 11 is 0. The lowest BCUT2D eigenvalue weighted by molar-refractivity contribution is -0.137. The molecule has 0 atom stereocenters. The first kappa shape index (κ1) is 20.2. The Morgan fingerprint density at radius 3 is 2.70 bits per heavy atom. The van der Waals surface area contributed by atoms with Crippen LogP contribution in [0.1, 0.15) is 16.7 Å². The third-order valence-electron chi connectivity index (χ3n) is 5.47. The van der Waals surface area contributed by atoms with Crippen molar-refractivity contribution < 1.29 is 19.1 Å². The van der Waals surface area contributed by atoms with E-state index in [1.165, 1.54) is 11.1 Å². The predicted molar refractivity (Wildman–Crippen MR) is 114 cm³/mol. The van der Waals surface area contributed by atoms with Crippen molar-refractivity contribution in [3.8, 4) is 11.5 Å². The molecule has 2 aliphatic heterocycles. The lowest BCUT2D eigenvalue weighted by atomic mass is 10.1. The van der Waals surface area contributed by atoms with Gasteiger partial charge in [-0.05, 0) is 47.0 Å². The van der Waals surface area contributed by atoms with Crippen LogP contribution in [0.3, 0.4) is 0 Å². The molecule has 1 amide bonds. The largest absolute Gasteiger partial charge is 0.497 e. The number of fused-ring (bicyclic) bond motifs is 1. The van der Waals surface area contributed by atoms with Gasteiger partial charge in [-0.3, -0.25) is 9.69 Å². The number of ether oxygens (including phenoxy) is 2. The number of hydrogen-bond acceptors (Lipinski definition) is 6. The zero-order valence-corrected chi connectivity index (χ0v) is 17.3. The Morgan fingerprint density at radius 2 is 1.93 bits per heavy atom. The van der Waals surface area contributed by atoms with E-state index in [2.05, 4.69) is 28.3 Å². The van der Waals surface area contributed by atoms with Gasteiger partial charge in [0.15, 0.2) is 6.61 Å². The molecule has 1 fully saturated rings. The third-order valence-corrected chi connectivity index (χ3v) is 5.47. The number of nitrogens with zero attached hydrogens (tertiary/aromatic N) is 3. The maximum atomic E-state index is 12.4. The molecule has 0 N–H and O–H groups in total. The highest BCUT2D eigenvalue weighted by atomic mass is 16.6. The molecular formula is C23H27N3O4. The standard InChI is InChI=1S/C23H27N3O4/c1-28-21-5-2-18(3-6-21)15-24-30-17-23(27)26-11-9-25(10-12-26)16-19-4-7-22-20(14-19)8-13-29-22/h2-7,14-15H,8-13,16-17H2,1H3/b24-15-. The Morgan fingerprint density at radius 1 is 1.13 bits per heavy atom. The lowest BCUT2D eigenvalue weighted by Gasteiger charge is -2.34. The zero-order chi connectivity index (χ0) is 20.8. The number of hydrogen-bond donors (Lipinski definition) is 0. The van der Waals surface area contributed by atoms with Gasteiger partial charge in [-0.15, -0.1) is 0 Å². The fourth-order valence-corrected chi connectivity index (χ4v) is 3.72. The number of piperazine rings is 1. The van der Waals surface area contributed by atoms with E-state index in [1.54, 1.807) is 13.3 Å². The van der Waals surface area contributed by atoms with Crippen LogP contribution in [0.15, 0.2) is 47.6 Å². The molecule has 0 aliphatic carbocycles. The van der Waals surface area contributed by atoms with E-state index in [0.29, 0.717) is 13.1 Å². The summed E-state index contributed by atoms with van der Waals surface area (Å²) < 4.78 is 10.7. The summed E-state index contributed by atoms with van der Waals surface area (Å²) in [5.74, 6) is 1.77. The number of amides is 1. The summed E-state index contributed by atoms with van der Waals surface area (Å²) in [5, 5.41) is 3.90. The van der Waals surface area contributed by atoms with Crippen LogP contribution in [0.4, 0.5) is 0 Å². The van der Waals surface area contributed by atoms with E-state index in [4.69, 9.17) is 14.3 Å². The normalized spacial score (nSPS) is 16.4. The van der Waals surface area contributed by atoms with Crippen LogP contribution < -0.4 is 9.47 Å². The molecule has 2 aliphatic rings. The van der Waals surface area contributed by atoms with Crippen LogP contribution in [-0.2, 0) is 22.6 Å². The Balaban J connectivity index is 1.18. The van der Waals surface area contributed by atoms with E-state index < -0.39 is 0 Å². The summed E-state index contributed by atoms with van der Waals surface area (Å²) in [7, 11) is 1.63. The van der Waals surface area contributed by atoms with Crippen molar-refractivity contribution in [2.75, 3.05) is 46.5 Å². The van der Waals surface area contributed by atoms with Crippen molar-refractivity contribution in [1.29, 1.82) is 0 Å². The van der Waals surface area contributed by atoms with Gasteiger partial charge in [0.05, 0.1) is 19.9 Å². The Kier molecular flexibility index (Phi) is 6.49. The summed E-state index contributed by atoms with van der Waals surface area (Å²) in [4.78, 5) is 21.8. The highest BCUT2D eigenvalue weighted by Gasteiger charge is 2.22. The molecule has 0 unspecified atom stereocenters. The summed E-state index contributed by atoms with van der Waals surface area (Å²) in [5.41, 5.74) is 3.49. The van der Waals surface area contributed by atoms with Crippen molar-refractivity contribution in [2.45, 2.75) is 13.0 Å². The minimum Gasteiger partial charge on any atom is -0.497 e. The quantitative estimate of drug-likeness (QED) is 0.519. The smallest absolute Gasteiger partial charge is 0.263 e. The number of carbonyl (C=O) groups excluding carboxylic acids is 1. The number of benzene rings is 2. The average molecular weight is 409 g/mol. The van der Waals surface area contributed by atoms with Crippen LogP contribution in [-0.4, -0.2) is 68.4 Å². The Hall–Kier alpha value is -3.06. The summed E-state index contributed by atoms with van der Waals surface area (Å²) in [6.07, 6.45) is 2.58. The van der Waals surface area contributed by atoms with E-state index >= 15 is 0 Å². The van der Waals surface area contributed by atoms with E-state index in [0.717, 1.165) is 49.7 Å². The number of rotatable bonds is 7. The topological polar surface area (TPSA) is 63.6 Å². The van der Waals surface area contributed by atoms with Crippen LogP contribution in [0.2, 0.25) is 0 Å². The van der Waals surface area contributed by atoms with Crippen molar-refractivity contribution >= 4 is 12.1 Å². The molecule has 158 valence electrons. The second-order valence-electron chi connectivity index (χ2n) is 7.48. The van der Waals surface area contributed by atoms with Gasteiger partial charge >= 0.3 is 0 Å². The van der Waals surface area contributed by atoms with Crippen LogP contribution in [0, 0.1) is 0 Å². The lowest BCUT2D eigenvalue weighted by Crippen LogP contribution is -2.49. The van der Waals surface area contributed by atoms with Gasteiger partial charge in [0.25, 0.3) is 5.91 Å². The molecule has 2 aromatic carbocycles. The average Bonchev–Trinajstić information content (AvgIpc) is 3.25. The highest BCUT2D eigenvalue weighted by molar-refractivity contribution is 5.80. The van der Waals surface area contributed by atoms with E-state index in [9.17, 15) is 4.79 Å². The van der Waals surface area contributed by atoms with Crippen LogP contribution in [0.25, 0.3) is 0 Å². The first-order valence-corrected chi connectivity index (χ1v) is 10.3. The van der Waals surface area contributed by atoms with Gasteiger partial charge in [-0.2, -0.15) is 0 Å². The van der Waals surface area contributed by atoms with Crippen molar-refractivity contribution in [1.82, 2.24) is 9.80 Å². The van der Waals surface area contributed by atoms with Gasteiger partial charge in [-0.25, -0.2) is 0 Å². The number of carbonyl (C=O) groups is 1. The minimum atomic E-state index is -0.0442. The Labute approximate surface area is 176 Å². The fourth-order valence-electron chi connectivity index (χ4n) is 3.72. The van der Waals surface area contributed by atoms with E-state index in [-0.39, 0.29) is 12.5 Å². The first-order chi connectivity index (χ1) is 14.7. The number of oxime groups is 1. The molecule has 30 heavy (non-hydrogen) atoms. The Bertz CT molecular complexity index is 890. The summed E-state index contributed by atoms with van der Waals surface area (Å²) in [6.45, 7) is 4.76. The second kappa shape index (κ2) is 9.63. The molecule has 7 nitrogen and oxygen atoms in total. The van der Waals surface area contributed by atoms with E-state index in [1.807, 2.05) is 29.2 Å². The second-order valence-corrected chi connectivity index (χ2v) is 7.48. The zero-order valence-electron chi connectivity index (χ0n) is 17.3. The molecule has 1 saturated heterocycles. The highest BCUT2D eigenvalue weighted by Crippen LogP contribution is 2.26. The molecular weight excluding hydrogens is 382 g/mol. The van der Waals surface area contributed by atoms with Crippen molar-refractivity contribution in [3.63, 3.8) is 0 Å². The monoisotopic (exact) mass is 409 g/mol. The third kappa shape index (κ3) is 5.10. The SMILES string of the molecule is COc1ccc(/C=N\OCC(=O)N2CCN(Cc3ccc4c(c3)CCO4)CC2)cc1. The van der Waals surface area contributed by atoms with Gasteiger partial charge in [0.1, 0.15) is 11.5 Å². The predicted octanol–water partition coefficient (Wildman–Crippen LogP) is 2.32. The summed E-state index contributed by atoms with van der Waals surface area (Å²) in [6, 6.07) is 13.9. The van der Waals surface area contributed by atoms with Gasteiger partial charge in [-0.1, -0.05) is 17.3 Å². The maximum Gasteiger partial charge on any atom is 0.263 e. The molecule has 2 aromatic rings. The van der Waals surface area contributed by atoms with Crippen LogP contribution >= 0.6 is 0 Å². The maximum absolute atomic E-state index is 12.4. The molecule has 7 heteroatoms. The van der Waals surface area contributed by atoms with Crippen LogP contribution in [0.5, 0.6) is 11.5 Å². The fraction of sp³-hybridized carbons (Fsp3) is 0.391. The van der Waals surface area contributed by atoms with Gasteiger partial charge in [0, 0.05) is 39.1 Å². The molecule has 0 bridgehead atoms. The van der Waals surface area contributed by atoms with Crippen molar-refractivity contribution in [2.24, 2.45) is 5.16 Å². The van der Waals surface area contributed by atoms with Crippen molar-refractivity contribution in [3.05, 3.63) is 59.2 Å². The molecule has 0 spiro atoms. The number of methoxy groups -OCH3 is 1. The first-order valence-electron chi connectivity index (χ1n) is 10.3. The molecule has 4 rings (SSSR count). The molecule has 0 saturated carbocycles. The molecule has 0 aromatic heterocycles. The molecule has 2 heterocycles. The minimum absolute atomic E-state index is 0.0313.